The minimum atomic E-state index is -0.158. The number of anilines is 1. The fourth-order valence-electron chi connectivity index (χ4n) is 3.73. The first-order valence-corrected chi connectivity index (χ1v) is 13.3. The van der Waals surface area contributed by atoms with Gasteiger partial charge in [-0.2, -0.15) is 5.26 Å². The van der Waals surface area contributed by atoms with Crippen LogP contribution in [0.4, 0.5) is 5.69 Å². The maximum absolute atomic E-state index is 12.7. The van der Waals surface area contributed by atoms with Crippen LogP contribution in [0.25, 0.3) is 22.4 Å². The molecule has 0 radical (unpaired) electrons. The third-order valence-electron chi connectivity index (χ3n) is 5.70. The number of nitrogens with zero attached hydrogens (tertiary/aromatic N) is 2. The van der Waals surface area contributed by atoms with Gasteiger partial charge >= 0.3 is 0 Å². The average Bonchev–Trinajstić information content (AvgIpc) is 2.88. The van der Waals surface area contributed by atoms with Gasteiger partial charge in [-0.05, 0) is 46.9 Å². The van der Waals surface area contributed by atoms with Crippen molar-refractivity contribution in [3.8, 4) is 28.5 Å². The van der Waals surface area contributed by atoms with Gasteiger partial charge in [-0.3, -0.25) is 4.79 Å². The molecule has 0 saturated carbocycles. The van der Waals surface area contributed by atoms with Crippen molar-refractivity contribution in [2.75, 3.05) is 11.1 Å². The van der Waals surface area contributed by atoms with Crippen LogP contribution in [0.15, 0.2) is 94.4 Å². The van der Waals surface area contributed by atoms with E-state index in [9.17, 15) is 10.1 Å². The van der Waals surface area contributed by atoms with Crippen LogP contribution in [-0.4, -0.2) is 16.6 Å². The Bertz CT molecular complexity index is 1400. The highest BCUT2D eigenvalue weighted by Crippen LogP contribution is 2.35. The van der Waals surface area contributed by atoms with E-state index in [0.29, 0.717) is 10.6 Å². The van der Waals surface area contributed by atoms with Crippen molar-refractivity contribution >= 4 is 39.3 Å². The molecule has 4 rings (SSSR count). The van der Waals surface area contributed by atoms with Gasteiger partial charge in [0.25, 0.3) is 0 Å². The number of pyridine rings is 1. The van der Waals surface area contributed by atoms with Crippen LogP contribution in [0, 0.1) is 11.3 Å². The summed E-state index contributed by atoms with van der Waals surface area (Å²) in [6.07, 6.45) is 0. The lowest BCUT2D eigenvalue weighted by Crippen LogP contribution is -2.14. The molecule has 0 fully saturated rings. The normalized spacial score (nSPS) is 11.1. The van der Waals surface area contributed by atoms with Gasteiger partial charge < -0.3 is 5.32 Å². The third-order valence-corrected chi connectivity index (χ3v) is 7.20. The van der Waals surface area contributed by atoms with E-state index in [1.54, 1.807) is 0 Å². The molecule has 3 aromatic carbocycles. The average molecular weight is 557 g/mol. The number of amides is 1. The standard InChI is InChI=1S/C30H26BrN3OS/c1-30(2,3)22-11-9-20(10-12-22)25-17-27(21-7-5-4-6-8-21)34-29(26(25)18-32)36-19-28(35)33-24-15-13-23(31)14-16-24/h4-17H,19H2,1-3H3,(H,33,35). The van der Waals surface area contributed by atoms with Crippen molar-refractivity contribution in [3.05, 3.63) is 101 Å². The lowest BCUT2D eigenvalue weighted by atomic mass is 9.86. The Morgan fingerprint density at radius 1 is 0.972 bits per heavy atom. The van der Waals surface area contributed by atoms with Crippen molar-refractivity contribution in [1.82, 2.24) is 4.98 Å². The van der Waals surface area contributed by atoms with E-state index in [1.807, 2.05) is 60.7 Å². The van der Waals surface area contributed by atoms with E-state index in [1.165, 1.54) is 17.3 Å². The Labute approximate surface area is 224 Å². The first kappa shape index (κ1) is 25.7. The van der Waals surface area contributed by atoms with Crippen LogP contribution in [0.5, 0.6) is 0 Å². The van der Waals surface area contributed by atoms with Gasteiger partial charge in [0, 0.05) is 21.3 Å². The van der Waals surface area contributed by atoms with Gasteiger partial charge in [-0.1, -0.05) is 103 Å². The van der Waals surface area contributed by atoms with Crippen molar-refractivity contribution in [1.29, 1.82) is 5.26 Å². The fourth-order valence-corrected chi connectivity index (χ4v) is 4.80. The zero-order valence-corrected chi connectivity index (χ0v) is 22.8. The molecule has 6 heteroatoms. The number of halogens is 1. The Morgan fingerprint density at radius 3 is 2.25 bits per heavy atom. The molecule has 0 aliphatic carbocycles. The van der Waals surface area contributed by atoms with Crippen LogP contribution in [0.3, 0.4) is 0 Å². The highest BCUT2D eigenvalue weighted by molar-refractivity contribution is 9.10. The summed E-state index contributed by atoms with van der Waals surface area (Å²) in [6, 6.07) is 29.9. The summed E-state index contributed by atoms with van der Waals surface area (Å²) in [5.41, 5.74) is 5.92. The summed E-state index contributed by atoms with van der Waals surface area (Å²) < 4.78 is 0.943. The molecule has 36 heavy (non-hydrogen) atoms. The Hall–Kier alpha value is -3.40. The molecule has 1 heterocycles. The van der Waals surface area contributed by atoms with Gasteiger partial charge in [0.2, 0.25) is 5.91 Å². The number of hydrogen-bond acceptors (Lipinski definition) is 4. The van der Waals surface area contributed by atoms with Crippen LogP contribution >= 0.6 is 27.7 Å². The number of carbonyl (C=O) groups excluding carboxylic acids is 1. The quantitative estimate of drug-likeness (QED) is 0.244. The molecule has 180 valence electrons. The molecule has 4 aromatic rings. The number of benzene rings is 3. The van der Waals surface area contributed by atoms with Gasteiger partial charge in [-0.25, -0.2) is 4.98 Å². The maximum Gasteiger partial charge on any atom is 0.234 e. The van der Waals surface area contributed by atoms with Crippen molar-refractivity contribution < 1.29 is 4.79 Å². The van der Waals surface area contributed by atoms with E-state index < -0.39 is 0 Å². The molecule has 0 aliphatic rings. The zero-order chi connectivity index (χ0) is 25.7. The largest absolute Gasteiger partial charge is 0.325 e. The summed E-state index contributed by atoms with van der Waals surface area (Å²) in [5.74, 6) is -0.0209. The molecule has 1 aromatic heterocycles. The van der Waals surface area contributed by atoms with Gasteiger partial charge in [-0.15, -0.1) is 0 Å². The summed E-state index contributed by atoms with van der Waals surface area (Å²) in [5, 5.41) is 13.6. The predicted octanol–water partition coefficient (Wildman–Crippen LogP) is 8.08. The highest BCUT2D eigenvalue weighted by atomic mass is 79.9. The Balaban J connectivity index is 1.69. The maximum atomic E-state index is 12.7. The second-order valence-electron chi connectivity index (χ2n) is 9.38. The Morgan fingerprint density at radius 2 is 1.64 bits per heavy atom. The third kappa shape index (κ3) is 6.23. The summed E-state index contributed by atoms with van der Waals surface area (Å²) in [7, 11) is 0. The first-order valence-electron chi connectivity index (χ1n) is 11.5. The van der Waals surface area contributed by atoms with E-state index in [0.717, 1.165) is 32.5 Å². The molecule has 1 N–H and O–H groups in total. The van der Waals surface area contributed by atoms with Crippen molar-refractivity contribution in [2.24, 2.45) is 0 Å². The number of nitrogens with one attached hydrogen (secondary N) is 1. The SMILES string of the molecule is CC(C)(C)c1ccc(-c2cc(-c3ccccc3)nc(SCC(=O)Nc3ccc(Br)cc3)c2C#N)cc1. The molecule has 0 bridgehead atoms. The number of rotatable bonds is 6. The summed E-state index contributed by atoms with van der Waals surface area (Å²) in [4.78, 5) is 17.5. The van der Waals surface area contributed by atoms with E-state index in [-0.39, 0.29) is 17.1 Å². The van der Waals surface area contributed by atoms with Crippen LogP contribution in [0.2, 0.25) is 0 Å². The topological polar surface area (TPSA) is 65.8 Å². The lowest BCUT2D eigenvalue weighted by Gasteiger charge is -2.19. The van der Waals surface area contributed by atoms with Gasteiger partial charge in [0.15, 0.2) is 0 Å². The first-order chi connectivity index (χ1) is 17.2. The zero-order valence-electron chi connectivity index (χ0n) is 20.4. The second kappa shape index (κ2) is 11.1. The summed E-state index contributed by atoms with van der Waals surface area (Å²) in [6.45, 7) is 6.53. The van der Waals surface area contributed by atoms with Crippen LogP contribution in [0.1, 0.15) is 31.9 Å². The number of thioether (sulfide) groups is 1. The monoisotopic (exact) mass is 555 g/mol. The predicted molar refractivity (Wildman–Crippen MR) is 152 cm³/mol. The van der Waals surface area contributed by atoms with Crippen molar-refractivity contribution in [2.45, 2.75) is 31.2 Å². The van der Waals surface area contributed by atoms with E-state index >= 15 is 0 Å². The smallest absolute Gasteiger partial charge is 0.234 e. The molecule has 0 aliphatic heterocycles. The molecule has 4 nitrogen and oxygen atoms in total. The van der Waals surface area contributed by atoms with Gasteiger partial charge in [0.1, 0.15) is 11.1 Å². The Kier molecular flexibility index (Phi) is 7.93. The summed E-state index contributed by atoms with van der Waals surface area (Å²) >= 11 is 4.67. The fraction of sp³-hybridized carbons (Fsp3) is 0.167. The van der Waals surface area contributed by atoms with E-state index in [4.69, 9.17) is 4.98 Å². The van der Waals surface area contributed by atoms with Gasteiger partial charge in [0.05, 0.1) is 17.0 Å². The molecular weight excluding hydrogens is 530 g/mol. The molecule has 0 saturated heterocycles. The second-order valence-corrected chi connectivity index (χ2v) is 11.3. The number of nitriles is 1. The highest BCUT2D eigenvalue weighted by Gasteiger charge is 2.18. The van der Waals surface area contributed by atoms with Crippen LogP contribution < -0.4 is 5.32 Å². The molecule has 0 spiro atoms. The molecule has 0 atom stereocenters. The minimum absolute atomic E-state index is 0.0350. The molecule has 0 unspecified atom stereocenters. The number of carbonyl (C=O) groups is 1. The molecular formula is C30H26BrN3OS. The lowest BCUT2D eigenvalue weighted by molar-refractivity contribution is -0.113. The minimum Gasteiger partial charge on any atom is -0.325 e. The number of hydrogen-bond donors (Lipinski definition) is 1. The number of aromatic nitrogens is 1. The van der Waals surface area contributed by atoms with E-state index in [2.05, 4.69) is 72.4 Å². The van der Waals surface area contributed by atoms with Crippen molar-refractivity contribution in [3.63, 3.8) is 0 Å². The molecule has 1 amide bonds. The van der Waals surface area contributed by atoms with Crippen LogP contribution in [-0.2, 0) is 10.2 Å².